The topological polar surface area (TPSA) is 72.4 Å². The molecule has 23 heavy (non-hydrogen) atoms. The molecule has 2 rings (SSSR count). The fourth-order valence-electron chi connectivity index (χ4n) is 2.19. The first-order chi connectivity index (χ1) is 10.6. The number of hydrogen-bond acceptors (Lipinski definition) is 4. The Balaban J connectivity index is 0.00000264. The van der Waals surface area contributed by atoms with Crippen molar-refractivity contribution in [2.45, 2.75) is 19.3 Å². The Morgan fingerprint density at radius 2 is 1.96 bits per heavy atom. The maximum Gasteiger partial charge on any atom is 1.00 e. The average Bonchev–Trinajstić information content (AvgIpc) is 2.48. The molecule has 0 heterocycles. The number of rotatable bonds is 7. The van der Waals surface area contributed by atoms with E-state index in [2.05, 4.69) is 5.32 Å². The second kappa shape index (κ2) is 10.3. The smallest absolute Gasteiger partial charge is 0.545 e. The van der Waals surface area contributed by atoms with Crippen molar-refractivity contribution in [3.05, 3.63) is 58.6 Å². The van der Waals surface area contributed by atoms with E-state index in [1.807, 2.05) is 24.3 Å². The monoisotopic (exact) mass is 357 g/mol. The fourth-order valence-corrected chi connectivity index (χ4v) is 2.40. The molecule has 0 aliphatic carbocycles. The van der Waals surface area contributed by atoms with Gasteiger partial charge in [0.15, 0.2) is 0 Å². The molecular formula is C17H17ClKNO3. The summed E-state index contributed by atoms with van der Waals surface area (Å²) in [6.07, 6.45) is 2.88. The van der Waals surface area contributed by atoms with Crippen molar-refractivity contribution in [2.75, 3.05) is 11.9 Å². The van der Waals surface area contributed by atoms with Gasteiger partial charge in [-0.1, -0.05) is 23.7 Å². The van der Waals surface area contributed by atoms with Crippen molar-refractivity contribution in [2.24, 2.45) is 0 Å². The molecule has 0 spiro atoms. The number of halogens is 1. The second-order valence-corrected chi connectivity index (χ2v) is 5.47. The molecule has 116 valence electrons. The van der Waals surface area contributed by atoms with Gasteiger partial charge in [-0.15, -0.1) is 0 Å². The Kier molecular flexibility index (Phi) is 9.20. The van der Waals surface area contributed by atoms with Crippen LogP contribution < -0.4 is 61.8 Å². The molecule has 0 bridgehead atoms. The quantitative estimate of drug-likeness (QED) is 0.410. The first-order valence-corrected chi connectivity index (χ1v) is 7.47. The molecule has 4 nitrogen and oxygen atoms in total. The number of aryl methyl sites for hydroxylation is 1. The molecule has 0 fully saturated rings. The first kappa shape index (κ1) is 20.5. The summed E-state index contributed by atoms with van der Waals surface area (Å²) in [5, 5.41) is 24.1. The number of nitrogens with one attached hydrogen (secondary N) is 1. The maximum atomic E-state index is 10.8. The minimum absolute atomic E-state index is 0. The zero-order valence-electron chi connectivity index (χ0n) is 13.0. The van der Waals surface area contributed by atoms with Gasteiger partial charge in [-0.3, -0.25) is 0 Å². The van der Waals surface area contributed by atoms with Gasteiger partial charge in [-0.2, -0.15) is 0 Å². The summed E-state index contributed by atoms with van der Waals surface area (Å²) in [4.78, 5) is 10.8. The molecule has 0 aromatic heterocycles. The van der Waals surface area contributed by atoms with Crippen molar-refractivity contribution in [3.8, 4) is 5.75 Å². The van der Waals surface area contributed by atoms with Gasteiger partial charge in [0.1, 0.15) is 5.75 Å². The summed E-state index contributed by atoms with van der Waals surface area (Å²) >= 11 is 5.93. The Hall–Kier alpha value is -0.564. The number of aromatic hydroxyl groups is 1. The van der Waals surface area contributed by atoms with Crippen molar-refractivity contribution in [1.82, 2.24) is 0 Å². The molecule has 0 radical (unpaired) electrons. The first-order valence-electron chi connectivity index (χ1n) is 7.09. The molecular weight excluding hydrogens is 341 g/mol. The Morgan fingerprint density at radius 1 is 1.17 bits per heavy atom. The van der Waals surface area contributed by atoms with E-state index in [0.29, 0.717) is 5.69 Å². The van der Waals surface area contributed by atoms with Crippen molar-refractivity contribution < 1.29 is 66.4 Å². The van der Waals surface area contributed by atoms with Crippen LogP contribution in [0.4, 0.5) is 5.69 Å². The molecule has 6 heteroatoms. The molecule has 0 amide bonds. The molecule has 2 N–H and O–H groups in total. The zero-order valence-corrected chi connectivity index (χ0v) is 16.9. The van der Waals surface area contributed by atoms with E-state index < -0.39 is 5.97 Å². The van der Waals surface area contributed by atoms with E-state index in [0.717, 1.165) is 30.8 Å². The van der Waals surface area contributed by atoms with Gasteiger partial charge in [0, 0.05) is 22.8 Å². The molecule has 2 aromatic rings. The molecule has 0 unspecified atom stereocenters. The summed E-state index contributed by atoms with van der Waals surface area (Å²) in [5.74, 6) is -1.67. The van der Waals surface area contributed by atoms with Gasteiger partial charge in [0.05, 0.1) is 5.97 Å². The second-order valence-electron chi connectivity index (χ2n) is 5.03. The Labute approximate surface area is 183 Å². The number of hydrogen-bond donors (Lipinski definition) is 2. The summed E-state index contributed by atoms with van der Waals surface area (Å²) in [6, 6.07) is 12.2. The van der Waals surface area contributed by atoms with Crippen molar-refractivity contribution in [1.29, 1.82) is 0 Å². The van der Waals surface area contributed by atoms with Crippen LogP contribution in [-0.4, -0.2) is 17.6 Å². The predicted molar refractivity (Wildman–Crippen MR) is 85.3 cm³/mol. The van der Waals surface area contributed by atoms with E-state index in [4.69, 9.17) is 11.6 Å². The van der Waals surface area contributed by atoms with Gasteiger partial charge < -0.3 is 20.3 Å². The van der Waals surface area contributed by atoms with Crippen LogP contribution in [0.3, 0.4) is 0 Å². The number of carbonyl (C=O) groups is 1. The largest absolute Gasteiger partial charge is 1.00 e. The molecule has 0 aliphatic rings. The number of unbranched alkanes of at least 4 members (excludes halogenated alkanes) is 1. The third-order valence-corrected chi connectivity index (χ3v) is 3.56. The number of phenols is 1. The Morgan fingerprint density at radius 3 is 2.65 bits per heavy atom. The van der Waals surface area contributed by atoms with Crippen LogP contribution in [0, 0.1) is 0 Å². The van der Waals surface area contributed by atoms with E-state index in [9.17, 15) is 15.0 Å². The predicted octanol–water partition coefficient (Wildman–Crippen LogP) is -0.152. The standard InChI is InChI=1S/C17H18ClNO3.K/c18-13-6-3-5-12(10-13)4-1-2-9-19-14-7-8-16(20)15(11-14)17(21)22;/h3,5-8,10-11,19-20H,1-2,4,9H2,(H,21,22);/q;+1/p-1. The summed E-state index contributed by atoms with van der Waals surface area (Å²) in [7, 11) is 0. The Bertz CT molecular complexity index is 664. The fraction of sp³-hybridized carbons (Fsp3) is 0.235. The van der Waals surface area contributed by atoms with E-state index in [1.165, 1.54) is 17.7 Å². The van der Waals surface area contributed by atoms with E-state index in [1.54, 1.807) is 6.07 Å². The SMILES string of the molecule is O=C([O-])c1cc(NCCCCc2cccc(Cl)c2)ccc1O.[K+]. The van der Waals surface area contributed by atoms with Crippen LogP contribution >= 0.6 is 11.6 Å². The van der Waals surface area contributed by atoms with Crippen molar-refractivity contribution >= 4 is 23.3 Å². The van der Waals surface area contributed by atoms with Gasteiger partial charge in [-0.25, -0.2) is 0 Å². The van der Waals surface area contributed by atoms with Gasteiger partial charge >= 0.3 is 51.4 Å². The van der Waals surface area contributed by atoms with Crippen LogP contribution in [0.5, 0.6) is 5.75 Å². The minimum atomic E-state index is -1.39. The van der Waals surface area contributed by atoms with Crippen LogP contribution in [0.25, 0.3) is 0 Å². The molecule has 0 saturated carbocycles. The summed E-state index contributed by atoms with van der Waals surface area (Å²) in [6.45, 7) is 0.720. The third-order valence-electron chi connectivity index (χ3n) is 3.33. The number of carboxylic acid groups (broad SMARTS) is 1. The van der Waals surface area contributed by atoms with E-state index >= 15 is 0 Å². The van der Waals surface area contributed by atoms with Crippen LogP contribution in [0.1, 0.15) is 28.8 Å². The number of aromatic carboxylic acids is 1. The average molecular weight is 358 g/mol. The molecule has 0 aliphatic heterocycles. The zero-order chi connectivity index (χ0) is 15.9. The van der Waals surface area contributed by atoms with Crippen LogP contribution in [-0.2, 0) is 6.42 Å². The number of benzene rings is 2. The van der Waals surface area contributed by atoms with Gasteiger partial charge in [-0.05, 0) is 55.2 Å². The number of anilines is 1. The normalized spacial score (nSPS) is 9.96. The number of carboxylic acids is 1. The van der Waals surface area contributed by atoms with Crippen molar-refractivity contribution in [3.63, 3.8) is 0 Å². The van der Waals surface area contributed by atoms with E-state index in [-0.39, 0.29) is 62.7 Å². The summed E-state index contributed by atoms with van der Waals surface area (Å²) in [5.41, 5.74) is 1.65. The molecule has 2 aromatic carbocycles. The number of carbonyl (C=O) groups excluding carboxylic acids is 1. The van der Waals surface area contributed by atoms with Crippen LogP contribution in [0.15, 0.2) is 42.5 Å². The minimum Gasteiger partial charge on any atom is -0.545 e. The molecule has 0 saturated heterocycles. The molecule has 0 atom stereocenters. The van der Waals surface area contributed by atoms with Gasteiger partial charge in [0.2, 0.25) is 0 Å². The maximum absolute atomic E-state index is 10.8. The summed E-state index contributed by atoms with van der Waals surface area (Å²) < 4.78 is 0. The third kappa shape index (κ3) is 6.83. The van der Waals surface area contributed by atoms with Crippen LogP contribution in [0.2, 0.25) is 5.02 Å². The van der Waals surface area contributed by atoms with Gasteiger partial charge in [0.25, 0.3) is 0 Å².